The van der Waals surface area contributed by atoms with Crippen LogP contribution in [0.25, 0.3) is 0 Å². The molecule has 1 aromatic carbocycles. The Morgan fingerprint density at radius 1 is 1.45 bits per heavy atom. The number of amides is 1. The predicted octanol–water partition coefficient (Wildman–Crippen LogP) is 2.03. The SMILES string of the molecule is Cn1cncc1CN(CCO)C(=O)CCc1cccc(Cl)c1. The van der Waals surface area contributed by atoms with Gasteiger partial charge in [0.15, 0.2) is 0 Å². The molecule has 0 unspecified atom stereocenters. The second kappa shape index (κ2) is 7.96. The number of carbonyl (C=O) groups is 1. The maximum absolute atomic E-state index is 12.4. The number of halogens is 1. The Bertz CT molecular complexity index is 627. The molecule has 1 heterocycles. The smallest absolute Gasteiger partial charge is 0.223 e. The van der Waals surface area contributed by atoms with Gasteiger partial charge in [0.05, 0.1) is 25.2 Å². The standard InChI is InChI=1S/C16H20ClN3O2/c1-19-12-18-10-15(19)11-20(7-8-21)16(22)6-5-13-3-2-4-14(17)9-13/h2-4,9-10,12,21H,5-8,11H2,1H3. The van der Waals surface area contributed by atoms with Crippen molar-refractivity contribution in [3.8, 4) is 0 Å². The fraction of sp³-hybridized carbons (Fsp3) is 0.375. The van der Waals surface area contributed by atoms with Gasteiger partial charge in [-0.1, -0.05) is 23.7 Å². The Morgan fingerprint density at radius 2 is 2.27 bits per heavy atom. The quantitative estimate of drug-likeness (QED) is 0.849. The summed E-state index contributed by atoms with van der Waals surface area (Å²) in [6.45, 7) is 0.714. The third-order valence-electron chi connectivity index (χ3n) is 3.51. The van der Waals surface area contributed by atoms with E-state index in [0.717, 1.165) is 11.3 Å². The van der Waals surface area contributed by atoms with Crippen LogP contribution in [-0.4, -0.2) is 38.6 Å². The number of rotatable bonds is 7. The molecule has 1 aromatic heterocycles. The number of nitrogens with zero attached hydrogens (tertiary/aromatic N) is 3. The second-order valence-corrected chi connectivity index (χ2v) is 5.60. The van der Waals surface area contributed by atoms with Gasteiger partial charge in [-0.2, -0.15) is 0 Å². The molecule has 0 saturated heterocycles. The number of aryl methyl sites for hydroxylation is 2. The van der Waals surface area contributed by atoms with Crippen molar-refractivity contribution in [2.24, 2.45) is 7.05 Å². The van der Waals surface area contributed by atoms with Gasteiger partial charge in [-0.25, -0.2) is 4.98 Å². The summed E-state index contributed by atoms with van der Waals surface area (Å²) in [4.78, 5) is 18.1. The summed E-state index contributed by atoms with van der Waals surface area (Å²) in [6.07, 6.45) is 4.45. The van der Waals surface area contributed by atoms with Gasteiger partial charge < -0.3 is 14.6 Å². The van der Waals surface area contributed by atoms with E-state index < -0.39 is 0 Å². The van der Waals surface area contributed by atoms with Crippen LogP contribution in [0.1, 0.15) is 17.7 Å². The number of imidazole rings is 1. The number of carbonyl (C=O) groups excluding carboxylic acids is 1. The van der Waals surface area contributed by atoms with Gasteiger partial charge >= 0.3 is 0 Å². The fourth-order valence-corrected chi connectivity index (χ4v) is 2.46. The average molecular weight is 322 g/mol. The molecule has 6 heteroatoms. The molecule has 2 rings (SSSR count). The Kier molecular flexibility index (Phi) is 5.98. The van der Waals surface area contributed by atoms with E-state index in [0.29, 0.717) is 31.0 Å². The van der Waals surface area contributed by atoms with E-state index in [9.17, 15) is 9.90 Å². The summed E-state index contributed by atoms with van der Waals surface area (Å²) in [5.41, 5.74) is 1.97. The van der Waals surface area contributed by atoms with Crippen molar-refractivity contribution >= 4 is 17.5 Å². The molecule has 2 aromatic rings. The van der Waals surface area contributed by atoms with E-state index in [1.165, 1.54) is 0 Å². The molecule has 1 N–H and O–H groups in total. The largest absolute Gasteiger partial charge is 0.395 e. The minimum atomic E-state index is -0.0548. The first kappa shape index (κ1) is 16.5. The predicted molar refractivity (Wildman–Crippen MR) is 85.5 cm³/mol. The zero-order valence-corrected chi connectivity index (χ0v) is 13.3. The molecule has 0 atom stereocenters. The number of benzene rings is 1. The second-order valence-electron chi connectivity index (χ2n) is 5.16. The fourth-order valence-electron chi connectivity index (χ4n) is 2.25. The van der Waals surface area contributed by atoms with Gasteiger partial charge in [-0.05, 0) is 24.1 Å². The van der Waals surface area contributed by atoms with Crippen molar-refractivity contribution in [1.29, 1.82) is 0 Å². The zero-order chi connectivity index (χ0) is 15.9. The highest BCUT2D eigenvalue weighted by molar-refractivity contribution is 6.30. The summed E-state index contributed by atoms with van der Waals surface area (Å²) in [5, 5.41) is 9.84. The van der Waals surface area contributed by atoms with Crippen molar-refractivity contribution in [1.82, 2.24) is 14.5 Å². The Hall–Kier alpha value is -1.85. The molecule has 0 bridgehead atoms. The van der Waals surface area contributed by atoms with Crippen molar-refractivity contribution in [2.75, 3.05) is 13.2 Å². The van der Waals surface area contributed by atoms with Gasteiger partial charge in [0.1, 0.15) is 0 Å². The van der Waals surface area contributed by atoms with E-state index in [1.807, 2.05) is 35.9 Å². The summed E-state index contributed by atoms with van der Waals surface area (Å²) in [7, 11) is 1.88. The first-order chi connectivity index (χ1) is 10.6. The number of aromatic nitrogens is 2. The lowest BCUT2D eigenvalue weighted by molar-refractivity contribution is -0.132. The third kappa shape index (κ3) is 4.58. The molecule has 0 fully saturated rings. The van der Waals surface area contributed by atoms with E-state index in [2.05, 4.69) is 4.98 Å². The Morgan fingerprint density at radius 3 is 2.91 bits per heavy atom. The van der Waals surface area contributed by atoms with Crippen molar-refractivity contribution < 1.29 is 9.90 Å². The van der Waals surface area contributed by atoms with Gasteiger partial charge in [0.25, 0.3) is 0 Å². The molecule has 0 aliphatic rings. The maximum Gasteiger partial charge on any atom is 0.223 e. The Balaban J connectivity index is 1.96. The molecule has 118 valence electrons. The van der Waals surface area contributed by atoms with Crippen LogP contribution in [-0.2, 0) is 24.8 Å². The van der Waals surface area contributed by atoms with Crippen LogP contribution in [0.15, 0.2) is 36.8 Å². The number of hydrogen-bond donors (Lipinski definition) is 1. The lowest BCUT2D eigenvalue weighted by Gasteiger charge is -2.22. The maximum atomic E-state index is 12.4. The molecule has 0 aliphatic carbocycles. The van der Waals surface area contributed by atoms with Crippen molar-refractivity contribution in [3.05, 3.63) is 53.1 Å². The lowest BCUT2D eigenvalue weighted by Crippen LogP contribution is -2.33. The van der Waals surface area contributed by atoms with Crippen molar-refractivity contribution in [2.45, 2.75) is 19.4 Å². The van der Waals surface area contributed by atoms with Gasteiger partial charge in [-0.3, -0.25) is 4.79 Å². The molecule has 0 spiro atoms. The highest BCUT2D eigenvalue weighted by Crippen LogP contribution is 2.13. The molecule has 1 amide bonds. The summed E-state index contributed by atoms with van der Waals surface area (Å²) in [5.74, 6) is 0.00947. The highest BCUT2D eigenvalue weighted by atomic mass is 35.5. The van der Waals surface area contributed by atoms with Crippen LogP contribution >= 0.6 is 11.6 Å². The van der Waals surface area contributed by atoms with Crippen LogP contribution in [0.2, 0.25) is 5.02 Å². The summed E-state index contributed by atoms with van der Waals surface area (Å²) < 4.78 is 1.87. The monoisotopic (exact) mass is 321 g/mol. The molecule has 0 aliphatic heterocycles. The molecule has 5 nitrogen and oxygen atoms in total. The highest BCUT2D eigenvalue weighted by Gasteiger charge is 2.15. The van der Waals surface area contributed by atoms with Crippen LogP contribution in [0.3, 0.4) is 0 Å². The van der Waals surface area contributed by atoms with E-state index in [1.54, 1.807) is 17.4 Å². The van der Waals surface area contributed by atoms with Crippen LogP contribution < -0.4 is 0 Å². The first-order valence-corrected chi connectivity index (χ1v) is 7.56. The Labute approximate surface area is 135 Å². The summed E-state index contributed by atoms with van der Waals surface area (Å²) >= 11 is 5.95. The number of aliphatic hydroxyl groups excluding tert-OH is 1. The molecule has 0 radical (unpaired) electrons. The number of aliphatic hydroxyl groups is 1. The van der Waals surface area contributed by atoms with Gasteiger partial charge in [0, 0.05) is 31.2 Å². The van der Waals surface area contributed by atoms with Crippen LogP contribution in [0, 0.1) is 0 Å². The van der Waals surface area contributed by atoms with E-state index in [4.69, 9.17) is 11.6 Å². The molecule has 0 saturated carbocycles. The normalized spacial score (nSPS) is 10.7. The van der Waals surface area contributed by atoms with Crippen molar-refractivity contribution in [3.63, 3.8) is 0 Å². The van der Waals surface area contributed by atoms with E-state index in [-0.39, 0.29) is 12.5 Å². The van der Waals surface area contributed by atoms with Crippen LogP contribution in [0.4, 0.5) is 0 Å². The summed E-state index contributed by atoms with van der Waals surface area (Å²) in [6, 6.07) is 7.51. The van der Waals surface area contributed by atoms with Gasteiger partial charge in [-0.15, -0.1) is 0 Å². The zero-order valence-electron chi connectivity index (χ0n) is 12.6. The van der Waals surface area contributed by atoms with Crippen LogP contribution in [0.5, 0.6) is 0 Å². The minimum Gasteiger partial charge on any atom is -0.395 e. The molecule has 22 heavy (non-hydrogen) atoms. The topological polar surface area (TPSA) is 58.4 Å². The lowest BCUT2D eigenvalue weighted by atomic mass is 10.1. The minimum absolute atomic E-state index is 0.00947. The average Bonchev–Trinajstić information content (AvgIpc) is 2.90. The number of hydrogen-bond acceptors (Lipinski definition) is 3. The van der Waals surface area contributed by atoms with E-state index >= 15 is 0 Å². The molecular weight excluding hydrogens is 302 g/mol. The third-order valence-corrected chi connectivity index (χ3v) is 3.74. The van der Waals surface area contributed by atoms with Gasteiger partial charge in [0.2, 0.25) is 5.91 Å². The first-order valence-electron chi connectivity index (χ1n) is 7.18. The molecular formula is C16H20ClN3O2.